The van der Waals surface area contributed by atoms with E-state index in [0.717, 1.165) is 23.2 Å². The second-order valence-corrected chi connectivity index (χ2v) is 8.60. The summed E-state index contributed by atoms with van der Waals surface area (Å²) in [4.78, 5) is 15.9. The summed E-state index contributed by atoms with van der Waals surface area (Å²) in [5.41, 5.74) is 6.06. The molecule has 0 aromatic carbocycles. The lowest BCUT2D eigenvalue weighted by Gasteiger charge is -2.37. The third kappa shape index (κ3) is 4.54. The lowest BCUT2D eigenvalue weighted by Crippen LogP contribution is -2.40. The molecule has 0 bridgehead atoms. The molecule has 0 radical (unpaired) electrons. The second-order valence-electron chi connectivity index (χ2n) is 6.06. The van der Waals surface area contributed by atoms with Gasteiger partial charge >= 0.3 is 0 Å². The minimum absolute atomic E-state index is 0.0544. The van der Waals surface area contributed by atoms with Gasteiger partial charge in [0.05, 0.1) is 10.3 Å². The highest BCUT2D eigenvalue weighted by molar-refractivity contribution is 9.11. The van der Waals surface area contributed by atoms with Crippen molar-refractivity contribution in [2.45, 2.75) is 52.0 Å². The van der Waals surface area contributed by atoms with Gasteiger partial charge in [0.25, 0.3) is 0 Å². The van der Waals surface area contributed by atoms with Gasteiger partial charge in [-0.05, 0) is 59.8 Å². The number of nitrogens with zero attached hydrogens (tertiary/aromatic N) is 1. The molecule has 0 saturated heterocycles. The zero-order chi connectivity index (χ0) is 15.3. The Morgan fingerprint density at radius 3 is 2.62 bits per heavy atom. The topological polar surface area (TPSA) is 46.3 Å². The van der Waals surface area contributed by atoms with Crippen LogP contribution in [0.25, 0.3) is 0 Å². The van der Waals surface area contributed by atoms with Crippen LogP contribution in [0.15, 0.2) is 15.9 Å². The van der Waals surface area contributed by atoms with Crippen LogP contribution in [-0.4, -0.2) is 23.9 Å². The molecule has 2 N–H and O–H groups in total. The molecule has 1 aliphatic rings. The molecule has 118 valence electrons. The second kappa shape index (κ2) is 7.75. The average molecular weight is 373 g/mol. The minimum atomic E-state index is 0.0544. The number of carbonyl (C=O) groups excluding carboxylic acids is 1. The maximum absolute atomic E-state index is 12.7. The fourth-order valence-electron chi connectivity index (χ4n) is 3.19. The summed E-state index contributed by atoms with van der Waals surface area (Å²) in [6, 6.07) is 4.13. The van der Waals surface area contributed by atoms with Crippen molar-refractivity contribution < 1.29 is 4.79 Å². The van der Waals surface area contributed by atoms with Crippen molar-refractivity contribution in [1.29, 1.82) is 0 Å². The summed E-state index contributed by atoms with van der Waals surface area (Å²) in [5.74, 6) is 0.259. The van der Waals surface area contributed by atoms with Crippen molar-refractivity contribution in [1.82, 2.24) is 4.90 Å². The fraction of sp³-hybridized carbons (Fsp3) is 0.688. The van der Waals surface area contributed by atoms with Gasteiger partial charge in [0.2, 0.25) is 5.91 Å². The summed E-state index contributed by atoms with van der Waals surface area (Å²) < 4.78 is 1.12. The highest BCUT2D eigenvalue weighted by atomic mass is 79.9. The van der Waals surface area contributed by atoms with Crippen molar-refractivity contribution in [3.8, 4) is 0 Å². The van der Waals surface area contributed by atoms with Crippen LogP contribution in [0.2, 0.25) is 0 Å². The first-order valence-electron chi connectivity index (χ1n) is 7.80. The summed E-state index contributed by atoms with van der Waals surface area (Å²) in [6.45, 7) is 4.17. The first kappa shape index (κ1) is 17.0. The Kier molecular flexibility index (Phi) is 6.26. The SMILES string of the molecule is CCN(Cc1ccc(Br)s1)C(=O)CC1(CN)CCCCC1. The number of nitrogens with two attached hydrogens (primary N) is 1. The van der Waals surface area contributed by atoms with Gasteiger partial charge in [-0.3, -0.25) is 4.79 Å². The molecule has 21 heavy (non-hydrogen) atoms. The van der Waals surface area contributed by atoms with E-state index in [1.807, 2.05) is 11.0 Å². The lowest BCUT2D eigenvalue weighted by molar-refractivity contribution is -0.134. The molecule has 0 spiro atoms. The van der Waals surface area contributed by atoms with Crippen molar-refractivity contribution in [3.05, 3.63) is 20.8 Å². The van der Waals surface area contributed by atoms with E-state index in [0.29, 0.717) is 19.5 Å². The molecule has 5 heteroatoms. The monoisotopic (exact) mass is 372 g/mol. The Bertz CT molecular complexity index is 469. The van der Waals surface area contributed by atoms with E-state index in [1.165, 1.54) is 24.1 Å². The largest absolute Gasteiger partial charge is 0.338 e. The Balaban J connectivity index is 1.98. The van der Waals surface area contributed by atoms with Gasteiger partial charge < -0.3 is 10.6 Å². The molecule has 1 aliphatic carbocycles. The van der Waals surface area contributed by atoms with E-state index < -0.39 is 0 Å². The lowest BCUT2D eigenvalue weighted by atomic mass is 9.71. The zero-order valence-electron chi connectivity index (χ0n) is 12.7. The van der Waals surface area contributed by atoms with E-state index >= 15 is 0 Å². The predicted molar refractivity (Wildman–Crippen MR) is 92.3 cm³/mol. The van der Waals surface area contributed by atoms with Crippen molar-refractivity contribution in [2.75, 3.05) is 13.1 Å². The van der Waals surface area contributed by atoms with Crippen LogP contribution < -0.4 is 5.73 Å². The Hall–Kier alpha value is -0.390. The number of amides is 1. The van der Waals surface area contributed by atoms with Gasteiger partial charge in [-0.15, -0.1) is 11.3 Å². The summed E-state index contributed by atoms with van der Waals surface area (Å²) >= 11 is 5.18. The number of halogens is 1. The van der Waals surface area contributed by atoms with Gasteiger partial charge in [-0.2, -0.15) is 0 Å². The minimum Gasteiger partial charge on any atom is -0.338 e. The number of rotatable bonds is 6. The molecule has 1 amide bonds. The fourth-order valence-corrected chi connectivity index (χ4v) is 4.69. The van der Waals surface area contributed by atoms with Gasteiger partial charge in [0.15, 0.2) is 0 Å². The predicted octanol–water partition coefficient (Wildman–Crippen LogP) is 4.16. The summed E-state index contributed by atoms with van der Waals surface area (Å²) in [6.07, 6.45) is 6.55. The Labute approximate surface area is 140 Å². The van der Waals surface area contributed by atoms with E-state index in [4.69, 9.17) is 5.73 Å². The third-order valence-electron chi connectivity index (χ3n) is 4.58. The molecule has 1 saturated carbocycles. The molecule has 1 aromatic heterocycles. The number of carbonyl (C=O) groups is 1. The highest BCUT2D eigenvalue weighted by Gasteiger charge is 2.34. The van der Waals surface area contributed by atoms with Gasteiger partial charge in [0.1, 0.15) is 0 Å². The quantitative estimate of drug-likeness (QED) is 0.814. The molecule has 0 aliphatic heterocycles. The standard InChI is InChI=1S/C16H25BrN2OS/c1-2-19(11-13-6-7-14(17)21-13)15(20)10-16(12-18)8-4-3-5-9-16/h6-7H,2-5,8-12,18H2,1H3. The van der Waals surface area contributed by atoms with Crippen molar-refractivity contribution >= 4 is 33.2 Å². The maximum Gasteiger partial charge on any atom is 0.223 e. The van der Waals surface area contributed by atoms with Crippen molar-refractivity contribution in [2.24, 2.45) is 11.1 Å². The molecular weight excluding hydrogens is 348 g/mol. The molecule has 1 aromatic rings. The van der Waals surface area contributed by atoms with E-state index in [-0.39, 0.29) is 11.3 Å². The van der Waals surface area contributed by atoms with Gasteiger partial charge in [-0.1, -0.05) is 19.3 Å². The normalized spacial score (nSPS) is 17.7. The first-order valence-corrected chi connectivity index (χ1v) is 9.41. The number of hydrogen-bond acceptors (Lipinski definition) is 3. The zero-order valence-corrected chi connectivity index (χ0v) is 15.1. The molecule has 3 nitrogen and oxygen atoms in total. The van der Waals surface area contributed by atoms with Crippen LogP contribution in [-0.2, 0) is 11.3 Å². The first-order chi connectivity index (χ1) is 10.1. The van der Waals surface area contributed by atoms with Crippen LogP contribution in [0.1, 0.15) is 50.3 Å². The maximum atomic E-state index is 12.7. The van der Waals surface area contributed by atoms with Crippen LogP contribution >= 0.6 is 27.3 Å². The van der Waals surface area contributed by atoms with Gasteiger partial charge in [0, 0.05) is 17.8 Å². The highest BCUT2D eigenvalue weighted by Crippen LogP contribution is 2.39. The van der Waals surface area contributed by atoms with Crippen molar-refractivity contribution in [3.63, 3.8) is 0 Å². The smallest absolute Gasteiger partial charge is 0.223 e. The molecule has 0 atom stereocenters. The Morgan fingerprint density at radius 2 is 2.10 bits per heavy atom. The van der Waals surface area contributed by atoms with E-state index in [1.54, 1.807) is 11.3 Å². The number of thiophene rings is 1. The van der Waals surface area contributed by atoms with Crippen LogP contribution in [0, 0.1) is 5.41 Å². The summed E-state index contributed by atoms with van der Waals surface area (Å²) in [7, 11) is 0. The van der Waals surface area contributed by atoms with Crippen LogP contribution in [0.5, 0.6) is 0 Å². The molecule has 1 heterocycles. The van der Waals surface area contributed by atoms with E-state index in [2.05, 4.69) is 28.9 Å². The molecule has 1 fully saturated rings. The van der Waals surface area contributed by atoms with Crippen LogP contribution in [0.3, 0.4) is 0 Å². The van der Waals surface area contributed by atoms with E-state index in [9.17, 15) is 4.79 Å². The summed E-state index contributed by atoms with van der Waals surface area (Å²) in [5, 5.41) is 0. The molecule has 2 rings (SSSR count). The molecule has 0 unspecified atom stereocenters. The van der Waals surface area contributed by atoms with Gasteiger partial charge in [-0.25, -0.2) is 0 Å². The Morgan fingerprint density at radius 1 is 1.38 bits per heavy atom. The number of hydrogen-bond donors (Lipinski definition) is 1. The average Bonchev–Trinajstić information content (AvgIpc) is 2.91. The van der Waals surface area contributed by atoms with Crippen LogP contribution in [0.4, 0.5) is 0 Å². The third-order valence-corrected chi connectivity index (χ3v) is 6.19. The molecular formula is C16H25BrN2OS.